The number of Topliss-reactive ketones (excluding diaryl/α,β-unsaturated/α-hetero) is 1. The van der Waals surface area contributed by atoms with Crippen LogP contribution in [0.15, 0.2) is 24.3 Å². The molecule has 0 aliphatic carbocycles. The van der Waals surface area contributed by atoms with E-state index in [1.165, 1.54) is 0 Å². The van der Waals surface area contributed by atoms with Gasteiger partial charge in [0.1, 0.15) is 0 Å². The van der Waals surface area contributed by atoms with E-state index in [9.17, 15) is 9.59 Å². The third kappa shape index (κ3) is 2.38. The number of hydrogen-bond acceptors (Lipinski definition) is 3. The third-order valence-corrected chi connectivity index (χ3v) is 1.60. The number of nitrogens with one attached hydrogen (secondary N) is 1. The summed E-state index contributed by atoms with van der Waals surface area (Å²) in [5.41, 5.74) is 6.29. The fourth-order valence-electron chi connectivity index (χ4n) is 0.968. The van der Waals surface area contributed by atoms with Crippen LogP contribution in [0.4, 0.5) is 5.69 Å². The van der Waals surface area contributed by atoms with Gasteiger partial charge in [0, 0.05) is 11.3 Å². The van der Waals surface area contributed by atoms with Crippen LogP contribution in [0.1, 0.15) is 10.4 Å². The number of nitrogens with two attached hydrogens (primary N) is 1. The van der Waals surface area contributed by atoms with Gasteiger partial charge in [-0.25, -0.2) is 0 Å². The van der Waals surface area contributed by atoms with Crippen molar-refractivity contribution in [3.63, 3.8) is 0 Å². The Morgan fingerprint density at radius 2 is 2.31 bits per heavy atom. The van der Waals surface area contributed by atoms with Crippen molar-refractivity contribution in [1.82, 2.24) is 0 Å². The van der Waals surface area contributed by atoms with E-state index in [2.05, 4.69) is 5.32 Å². The Hall–Kier alpha value is -1.68. The number of ketones is 1. The summed E-state index contributed by atoms with van der Waals surface area (Å²) in [4.78, 5) is 21.2. The Morgan fingerprint density at radius 3 is 2.92 bits per heavy atom. The predicted octanol–water partition coefficient (Wildman–Crippen LogP) is 0.396. The molecule has 13 heavy (non-hydrogen) atoms. The van der Waals surface area contributed by atoms with Gasteiger partial charge in [0.2, 0.25) is 6.41 Å². The first kappa shape index (κ1) is 9.41. The highest BCUT2D eigenvalue weighted by molar-refractivity contribution is 5.98. The molecule has 1 aromatic carbocycles. The topological polar surface area (TPSA) is 72.2 Å². The zero-order chi connectivity index (χ0) is 9.68. The van der Waals surface area contributed by atoms with Crippen molar-refractivity contribution < 1.29 is 9.59 Å². The Bertz CT molecular complexity index is 323. The normalized spacial score (nSPS) is 9.31. The van der Waals surface area contributed by atoms with Crippen LogP contribution in [-0.4, -0.2) is 18.7 Å². The SMILES string of the molecule is NCC(=O)c1cccc(NC=O)c1. The lowest BCUT2D eigenvalue weighted by molar-refractivity contribution is -0.105. The molecule has 1 aromatic rings. The lowest BCUT2D eigenvalue weighted by atomic mass is 10.1. The van der Waals surface area contributed by atoms with Gasteiger partial charge in [-0.05, 0) is 12.1 Å². The minimum atomic E-state index is -0.144. The molecule has 1 amide bonds. The Balaban J connectivity index is 2.90. The first-order valence-corrected chi connectivity index (χ1v) is 3.81. The van der Waals surface area contributed by atoms with Crippen molar-refractivity contribution in [2.75, 3.05) is 11.9 Å². The van der Waals surface area contributed by atoms with Gasteiger partial charge in [-0.1, -0.05) is 12.1 Å². The van der Waals surface area contributed by atoms with Gasteiger partial charge in [-0.2, -0.15) is 0 Å². The Labute approximate surface area is 75.7 Å². The van der Waals surface area contributed by atoms with E-state index in [4.69, 9.17) is 5.73 Å². The first-order valence-electron chi connectivity index (χ1n) is 3.81. The molecule has 0 aliphatic heterocycles. The van der Waals surface area contributed by atoms with E-state index in [0.29, 0.717) is 17.7 Å². The van der Waals surface area contributed by atoms with E-state index in [-0.39, 0.29) is 12.3 Å². The fraction of sp³-hybridized carbons (Fsp3) is 0.111. The maximum absolute atomic E-state index is 11.1. The van der Waals surface area contributed by atoms with Crippen molar-refractivity contribution in [1.29, 1.82) is 0 Å². The highest BCUT2D eigenvalue weighted by atomic mass is 16.1. The van der Waals surface area contributed by atoms with Crippen molar-refractivity contribution in [2.45, 2.75) is 0 Å². The van der Waals surface area contributed by atoms with Crippen LogP contribution in [0, 0.1) is 0 Å². The Morgan fingerprint density at radius 1 is 1.54 bits per heavy atom. The van der Waals surface area contributed by atoms with Gasteiger partial charge in [-0.3, -0.25) is 9.59 Å². The van der Waals surface area contributed by atoms with Gasteiger partial charge in [0.25, 0.3) is 0 Å². The minimum Gasteiger partial charge on any atom is -0.329 e. The summed E-state index contributed by atoms with van der Waals surface area (Å²) in [5.74, 6) is -0.144. The zero-order valence-electron chi connectivity index (χ0n) is 6.99. The number of carbonyl (C=O) groups is 2. The Kier molecular flexibility index (Phi) is 3.16. The molecule has 0 atom stereocenters. The third-order valence-electron chi connectivity index (χ3n) is 1.60. The summed E-state index contributed by atoms with van der Waals surface area (Å²) in [6.07, 6.45) is 0.562. The lowest BCUT2D eigenvalue weighted by Gasteiger charge is -2.01. The highest BCUT2D eigenvalue weighted by Crippen LogP contribution is 2.09. The summed E-state index contributed by atoms with van der Waals surface area (Å²) in [6.45, 7) is -0.0233. The van der Waals surface area contributed by atoms with Crippen LogP contribution < -0.4 is 11.1 Å². The summed E-state index contributed by atoms with van der Waals surface area (Å²) in [5, 5.41) is 2.45. The molecular formula is C9H10N2O2. The molecule has 0 saturated heterocycles. The van der Waals surface area contributed by atoms with Gasteiger partial charge in [0.15, 0.2) is 5.78 Å². The second kappa shape index (κ2) is 4.37. The quantitative estimate of drug-likeness (QED) is 0.517. The number of anilines is 1. The molecule has 0 spiro atoms. The minimum absolute atomic E-state index is 0.0233. The average Bonchev–Trinajstić information content (AvgIpc) is 2.18. The van der Waals surface area contributed by atoms with Gasteiger partial charge in [0.05, 0.1) is 6.54 Å². The van der Waals surface area contributed by atoms with Crippen LogP contribution in [0.2, 0.25) is 0 Å². The standard InChI is InChI=1S/C9H10N2O2/c10-5-9(13)7-2-1-3-8(4-7)11-6-12/h1-4,6H,5,10H2,(H,11,12). The molecule has 0 radical (unpaired) electrons. The molecule has 4 nitrogen and oxygen atoms in total. The first-order chi connectivity index (χ1) is 6.27. The van der Waals surface area contributed by atoms with E-state index < -0.39 is 0 Å². The van der Waals surface area contributed by atoms with Crippen molar-refractivity contribution in [2.24, 2.45) is 5.73 Å². The van der Waals surface area contributed by atoms with Gasteiger partial charge in [-0.15, -0.1) is 0 Å². The second-order valence-electron chi connectivity index (χ2n) is 2.47. The molecule has 68 valence electrons. The molecule has 0 aliphatic rings. The van der Waals surface area contributed by atoms with E-state index in [1.807, 2.05) is 0 Å². The molecule has 0 unspecified atom stereocenters. The fourth-order valence-corrected chi connectivity index (χ4v) is 0.968. The predicted molar refractivity (Wildman–Crippen MR) is 49.5 cm³/mol. The monoisotopic (exact) mass is 178 g/mol. The molecule has 0 aromatic heterocycles. The van der Waals surface area contributed by atoms with Crippen molar-refractivity contribution >= 4 is 17.9 Å². The summed E-state index contributed by atoms with van der Waals surface area (Å²) < 4.78 is 0. The van der Waals surface area contributed by atoms with Crippen LogP contribution in [-0.2, 0) is 4.79 Å². The van der Waals surface area contributed by atoms with Crippen molar-refractivity contribution in [3.8, 4) is 0 Å². The molecule has 1 rings (SSSR count). The number of rotatable bonds is 4. The van der Waals surface area contributed by atoms with Crippen LogP contribution in [0.5, 0.6) is 0 Å². The molecule has 3 N–H and O–H groups in total. The number of carbonyl (C=O) groups excluding carboxylic acids is 2. The highest BCUT2D eigenvalue weighted by Gasteiger charge is 2.02. The molecule has 0 heterocycles. The van der Waals surface area contributed by atoms with Crippen molar-refractivity contribution in [3.05, 3.63) is 29.8 Å². The molecule has 0 saturated carbocycles. The number of benzene rings is 1. The van der Waals surface area contributed by atoms with Gasteiger partial charge < -0.3 is 11.1 Å². The maximum atomic E-state index is 11.1. The van der Waals surface area contributed by atoms with Crippen LogP contribution >= 0.6 is 0 Å². The number of amides is 1. The lowest BCUT2D eigenvalue weighted by Crippen LogP contribution is -2.13. The average molecular weight is 178 g/mol. The smallest absolute Gasteiger partial charge is 0.211 e. The molecule has 0 bridgehead atoms. The molecule has 4 heteroatoms. The largest absolute Gasteiger partial charge is 0.329 e. The van der Waals surface area contributed by atoms with E-state index in [0.717, 1.165) is 0 Å². The van der Waals surface area contributed by atoms with Crippen LogP contribution in [0.25, 0.3) is 0 Å². The summed E-state index contributed by atoms with van der Waals surface area (Å²) >= 11 is 0. The van der Waals surface area contributed by atoms with E-state index in [1.54, 1.807) is 24.3 Å². The zero-order valence-corrected chi connectivity index (χ0v) is 6.99. The van der Waals surface area contributed by atoms with Gasteiger partial charge >= 0.3 is 0 Å². The summed E-state index contributed by atoms with van der Waals surface area (Å²) in [7, 11) is 0. The molecule has 0 fully saturated rings. The number of hydrogen-bond donors (Lipinski definition) is 2. The molecular weight excluding hydrogens is 168 g/mol. The van der Waals surface area contributed by atoms with Crippen LogP contribution in [0.3, 0.4) is 0 Å². The maximum Gasteiger partial charge on any atom is 0.211 e. The second-order valence-corrected chi connectivity index (χ2v) is 2.47. The van der Waals surface area contributed by atoms with E-state index >= 15 is 0 Å². The summed E-state index contributed by atoms with van der Waals surface area (Å²) in [6, 6.07) is 6.63.